The van der Waals surface area contributed by atoms with Gasteiger partial charge in [-0.05, 0) is 60.6 Å². The summed E-state index contributed by atoms with van der Waals surface area (Å²) >= 11 is 0. The highest BCUT2D eigenvalue weighted by molar-refractivity contribution is 5.88. The maximum atomic E-state index is 13.2. The molecule has 0 unspecified atom stereocenters. The smallest absolute Gasteiger partial charge is 0.261 e. The second-order valence-electron chi connectivity index (χ2n) is 10.1. The van der Waals surface area contributed by atoms with E-state index in [1.165, 1.54) is 5.56 Å². The lowest BCUT2D eigenvalue weighted by Gasteiger charge is -2.29. The van der Waals surface area contributed by atoms with Gasteiger partial charge in [0.15, 0.2) is 6.61 Å². The van der Waals surface area contributed by atoms with Gasteiger partial charge in [-0.3, -0.25) is 9.59 Å². The predicted molar refractivity (Wildman–Crippen MR) is 134 cm³/mol. The van der Waals surface area contributed by atoms with E-state index in [-0.39, 0.29) is 29.9 Å². The molecule has 0 spiro atoms. The molecule has 184 valence electrons. The highest BCUT2D eigenvalue weighted by atomic mass is 16.5. The molecule has 1 aliphatic carbocycles. The van der Waals surface area contributed by atoms with Crippen LogP contribution in [0.5, 0.6) is 11.5 Å². The number of methoxy groups -OCH3 is 1. The van der Waals surface area contributed by atoms with Crippen molar-refractivity contribution in [3.8, 4) is 11.5 Å². The average molecular weight is 467 g/mol. The zero-order chi connectivity index (χ0) is 24.7. The Balaban J connectivity index is 1.70. The Bertz CT molecular complexity index is 942. The van der Waals surface area contributed by atoms with Crippen LogP contribution in [0.25, 0.3) is 0 Å². The van der Waals surface area contributed by atoms with E-state index in [2.05, 4.69) is 26.1 Å². The number of nitrogens with one attached hydrogen (secondary N) is 1. The molecule has 6 nitrogen and oxygen atoms in total. The molecule has 0 saturated heterocycles. The van der Waals surface area contributed by atoms with Crippen LogP contribution in [0.2, 0.25) is 0 Å². The van der Waals surface area contributed by atoms with Gasteiger partial charge < -0.3 is 19.7 Å². The summed E-state index contributed by atoms with van der Waals surface area (Å²) in [6.45, 7) is 8.43. The second kappa shape index (κ2) is 11.4. The van der Waals surface area contributed by atoms with Crippen LogP contribution in [0.15, 0.2) is 48.5 Å². The summed E-state index contributed by atoms with van der Waals surface area (Å²) in [6.07, 6.45) is 4.27. The van der Waals surface area contributed by atoms with Gasteiger partial charge in [0.2, 0.25) is 5.91 Å². The molecule has 34 heavy (non-hydrogen) atoms. The molecule has 0 heterocycles. The highest BCUT2D eigenvalue weighted by Crippen LogP contribution is 2.24. The Kier molecular flexibility index (Phi) is 8.59. The molecule has 0 aromatic heterocycles. The first-order valence-corrected chi connectivity index (χ1v) is 12.1. The molecule has 1 fully saturated rings. The lowest BCUT2D eigenvalue weighted by atomic mass is 9.87. The summed E-state index contributed by atoms with van der Waals surface area (Å²) < 4.78 is 11.0. The molecule has 2 amide bonds. The third kappa shape index (κ3) is 6.99. The van der Waals surface area contributed by atoms with E-state index in [4.69, 9.17) is 9.47 Å². The molecule has 0 bridgehead atoms. The van der Waals surface area contributed by atoms with Crippen molar-refractivity contribution in [3.63, 3.8) is 0 Å². The molecule has 2 aromatic rings. The lowest BCUT2D eigenvalue weighted by Crippen LogP contribution is -2.50. The van der Waals surface area contributed by atoms with E-state index in [0.29, 0.717) is 12.3 Å². The van der Waals surface area contributed by atoms with Crippen LogP contribution in [0, 0.1) is 0 Å². The Labute approximate surface area is 203 Å². The number of rotatable bonds is 9. The number of ether oxygens (including phenoxy) is 2. The van der Waals surface area contributed by atoms with Crippen molar-refractivity contribution in [1.82, 2.24) is 10.2 Å². The van der Waals surface area contributed by atoms with Gasteiger partial charge in [-0.15, -0.1) is 0 Å². The standard InChI is InChI=1S/C28H38N2O4/c1-20(27(32)29-23-8-6-7-9-23)30(18-21-10-14-24(33-5)15-11-21)26(31)19-34-25-16-12-22(13-17-25)28(2,3)4/h10-17,20,23H,6-9,18-19H2,1-5H3,(H,29,32)/t20-/m1/s1. The van der Waals surface area contributed by atoms with Crippen molar-refractivity contribution >= 4 is 11.8 Å². The summed E-state index contributed by atoms with van der Waals surface area (Å²) in [5.74, 6) is 1.03. The minimum Gasteiger partial charge on any atom is -0.497 e. The van der Waals surface area contributed by atoms with Crippen molar-refractivity contribution in [1.29, 1.82) is 0 Å². The molecular weight excluding hydrogens is 428 g/mol. The van der Waals surface area contributed by atoms with Gasteiger partial charge in [-0.1, -0.05) is 57.9 Å². The van der Waals surface area contributed by atoms with Crippen molar-refractivity contribution in [3.05, 3.63) is 59.7 Å². The van der Waals surface area contributed by atoms with Crippen molar-refractivity contribution < 1.29 is 19.1 Å². The van der Waals surface area contributed by atoms with Crippen LogP contribution in [-0.2, 0) is 21.5 Å². The summed E-state index contributed by atoms with van der Waals surface area (Å²) in [7, 11) is 1.62. The van der Waals surface area contributed by atoms with Crippen LogP contribution in [-0.4, -0.2) is 42.5 Å². The van der Waals surface area contributed by atoms with Gasteiger partial charge in [0.25, 0.3) is 5.91 Å². The van der Waals surface area contributed by atoms with E-state index in [1.54, 1.807) is 18.9 Å². The van der Waals surface area contributed by atoms with E-state index < -0.39 is 6.04 Å². The molecule has 1 aliphatic rings. The maximum absolute atomic E-state index is 13.2. The minimum absolute atomic E-state index is 0.0472. The predicted octanol–water partition coefficient (Wildman–Crippen LogP) is 4.85. The first-order chi connectivity index (χ1) is 16.2. The highest BCUT2D eigenvalue weighted by Gasteiger charge is 2.28. The number of hydrogen-bond donors (Lipinski definition) is 1. The third-order valence-electron chi connectivity index (χ3n) is 6.46. The summed E-state index contributed by atoms with van der Waals surface area (Å²) in [6, 6.07) is 14.9. The molecule has 1 N–H and O–H groups in total. The number of carbonyl (C=O) groups is 2. The average Bonchev–Trinajstić information content (AvgIpc) is 3.33. The molecular formula is C28H38N2O4. The summed E-state index contributed by atoms with van der Waals surface area (Å²) in [4.78, 5) is 27.8. The SMILES string of the molecule is COc1ccc(CN(C(=O)COc2ccc(C(C)(C)C)cc2)[C@H](C)C(=O)NC2CCCC2)cc1. The van der Waals surface area contributed by atoms with Crippen LogP contribution in [0.3, 0.4) is 0 Å². The molecule has 6 heteroatoms. The van der Waals surface area contributed by atoms with Crippen LogP contribution in [0.1, 0.15) is 64.5 Å². The fourth-order valence-electron chi connectivity index (χ4n) is 4.18. The molecule has 3 rings (SSSR count). The number of hydrogen-bond acceptors (Lipinski definition) is 4. The van der Waals surface area contributed by atoms with Gasteiger partial charge in [-0.2, -0.15) is 0 Å². The monoisotopic (exact) mass is 466 g/mol. The molecule has 1 saturated carbocycles. The van der Waals surface area contributed by atoms with Crippen molar-refractivity contribution in [2.45, 2.75) is 77.4 Å². The quantitative estimate of drug-likeness (QED) is 0.574. The zero-order valence-electron chi connectivity index (χ0n) is 21.1. The Morgan fingerprint density at radius 1 is 1.00 bits per heavy atom. The first kappa shape index (κ1) is 25.6. The summed E-state index contributed by atoms with van der Waals surface area (Å²) in [5, 5.41) is 3.12. The summed E-state index contributed by atoms with van der Waals surface area (Å²) in [5.41, 5.74) is 2.17. The van der Waals surface area contributed by atoms with Crippen molar-refractivity contribution in [2.75, 3.05) is 13.7 Å². The number of carbonyl (C=O) groups excluding carboxylic acids is 2. The second-order valence-corrected chi connectivity index (χ2v) is 10.1. The lowest BCUT2D eigenvalue weighted by molar-refractivity contribution is -0.142. The van der Waals surface area contributed by atoms with Gasteiger partial charge in [-0.25, -0.2) is 0 Å². The van der Waals surface area contributed by atoms with Gasteiger partial charge >= 0.3 is 0 Å². The Hall–Kier alpha value is -3.02. The number of nitrogens with zero attached hydrogens (tertiary/aromatic N) is 1. The molecule has 0 radical (unpaired) electrons. The van der Waals surface area contributed by atoms with Crippen LogP contribution < -0.4 is 14.8 Å². The largest absolute Gasteiger partial charge is 0.497 e. The van der Waals surface area contributed by atoms with Crippen LogP contribution >= 0.6 is 0 Å². The van der Waals surface area contributed by atoms with E-state index in [0.717, 1.165) is 37.0 Å². The fourth-order valence-corrected chi connectivity index (χ4v) is 4.18. The number of benzene rings is 2. The Morgan fingerprint density at radius 3 is 2.15 bits per heavy atom. The molecule has 2 aromatic carbocycles. The maximum Gasteiger partial charge on any atom is 0.261 e. The Morgan fingerprint density at radius 2 is 1.59 bits per heavy atom. The molecule has 0 aliphatic heterocycles. The molecule has 1 atom stereocenters. The fraction of sp³-hybridized carbons (Fsp3) is 0.500. The first-order valence-electron chi connectivity index (χ1n) is 12.1. The van der Waals surface area contributed by atoms with Gasteiger partial charge in [0.1, 0.15) is 17.5 Å². The van der Waals surface area contributed by atoms with E-state index >= 15 is 0 Å². The third-order valence-corrected chi connectivity index (χ3v) is 6.46. The van der Waals surface area contributed by atoms with Crippen molar-refractivity contribution in [2.24, 2.45) is 0 Å². The number of amides is 2. The normalized spacial score (nSPS) is 15.0. The minimum atomic E-state index is -0.609. The van der Waals surface area contributed by atoms with E-state index in [1.807, 2.05) is 48.5 Å². The van der Waals surface area contributed by atoms with Crippen LogP contribution in [0.4, 0.5) is 0 Å². The van der Waals surface area contributed by atoms with Gasteiger partial charge in [0, 0.05) is 12.6 Å². The zero-order valence-corrected chi connectivity index (χ0v) is 21.1. The topological polar surface area (TPSA) is 67.9 Å². The van der Waals surface area contributed by atoms with Gasteiger partial charge in [0.05, 0.1) is 7.11 Å². The van der Waals surface area contributed by atoms with E-state index in [9.17, 15) is 9.59 Å².